The quantitative estimate of drug-likeness (QED) is 0.633. The smallest absolute Gasteiger partial charge is 0.241 e. The summed E-state index contributed by atoms with van der Waals surface area (Å²) in [6.07, 6.45) is 0. The van der Waals surface area contributed by atoms with E-state index < -0.39 is 0 Å². The monoisotopic (exact) mass is 415 g/mol. The van der Waals surface area contributed by atoms with Gasteiger partial charge in [-0.2, -0.15) is 0 Å². The van der Waals surface area contributed by atoms with Crippen molar-refractivity contribution in [2.45, 2.75) is 6.04 Å². The molecule has 1 aliphatic heterocycles. The fraction of sp³-hybridized carbons (Fsp3) is 0.269. The van der Waals surface area contributed by atoms with E-state index in [1.807, 2.05) is 29.2 Å². The van der Waals surface area contributed by atoms with Gasteiger partial charge in [-0.25, -0.2) is 0 Å². The topological polar surface area (TPSA) is 44.8 Å². The molecule has 4 rings (SSSR count). The second kappa shape index (κ2) is 10.1. The average Bonchev–Trinajstić information content (AvgIpc) is 2.84. The van der Waals surface area contributed by atoms with E-state index in [-0.39, 0.29) is 18.5 Å². The first kappa shape index (κ1) is 20.9. The van der Waals surface area contributed by atoms with Gasteiger partial charge in [0.25, 0.3) is 0 Å². The Bertz CT molecular complexity index is 931. The van der Waals surface area contributed by atoms with Crippen LogP contribution < -0.4 is 10.1 Å². The van der Waals surface area contributed by atoms with Crippen LogP contribution in [0.15, 0.2) is 84.9 Å². The van der Waals surface area contributed by atoms with Gasteiger partial charge in [0, 0.05) is 26.2 Å². The van der Waals surface area contributed by atoms with E-state index in [0.29, 0.717) is 0 Å². The maximum absolute atomic E-state index is 12.8. The Labute approximate surface area is 184 Å². The van der Waals surface area contributed by atoms with Crippen LogP contribution in [0.3, 0.4) is 0 Å². The van der Waals surface area contributed by atoms with Crippen LogP contribution >= 0.6 is 0 Å². The van der Waals surface area contributed by atoms with E-state index in [2.05, 4.69) is 70.9 Å². The first-order valence-electron chi connectivity index (χ1n) is 10.7. The summed E-state index contributed by atoms with van der Waals surface area (Å²) in [4.78, 5) is 17.2. The lowest BCUT2D eigenvalue weighted by Gasteiger charge is -2.40. The van der Waals surface area contributed by atoms with E-state index in [0.717, 1.165) is 37.6 Å². The van der Waals surface area contributed by atoms with Crippen molar-refractivity contribution in [3.05, 3.63) is 96.1 Å². The van der Waals surface area contributed by atoms with E-state index in [1.54, 1.807) is 7.11 Å². The van der Waals surface area contributed by atoms with E-state index in [1.165, 1.54) is 11.1 Å². The molecule has 0 atom stereocenters. The molecule has 3 aromatic carbocycles. The highest BCUT2D eigenvalue weighted by Gasteiger charge is 2.28. The van der Waals surface area contributed by atoms with Gasteiger partial charge >= 0.3 is 0 Å². The fourth-order valence-electron chi connectivity index (χ4n) is 4.19. The number of benzene rings is 3. The molecule has 1 aliphatic rings. The largest absolute Gasteiger partial charge is 0.495 e. The van der Waals surface area contributed by atoms with E-state index in [9.17, 15) is 4.79 Å². The van der Waals surface area contributed by atoms with Gasteiger partial charge in [-0.15, -0.1) is 0 Å². The summed E-state index contributed by atoms with van der Waals surface area (Å²) < 4.78 is 5.35. The van der Waals surface area contributed by atoms with Gasteiger partial charge in [-0.3, -0.25) is 9.69 Å². The second-order valence-corrected chi connectivity index (χ2v) is 7.69. The Hall–Kier alpha value is -3.31. The predicted octanol–water partition coefficient (Wildman–Crippen LogP) is 4.04. The maximum atomic E-state index is 12.8. The standard InChI is InChI=1S/C26H29N3O2/c1-31-24-15-9-8-14-23(24)27-20-25(30)28-16-18-29(19-17-28)26(21-10-4-2-5-11-21)22-12-6-3-7-13-22/h2-15,26-27H,16-20H2,1H3. The number of nitrogens with zero attached hydrogens (tertiary/aromatic N) is 2. The molecule has 1 amide bonds. The van der Waals surface area contributed by atoms with Crippen LogP contribution in [0.5, 0.6) is 5.75 Å². The molecule has 1 saturated heterocycles. The first-order chi connectivity index (χ1) is 15.3. The highest BCUT2D eigenvalue weighted by atomic mass is 16.5. The zero-order valence-corrected chi connectivity index (χ0v) is 17.9. The van der Waals surface area contributed by atoms with Gasteiger partial charge in [-0.05, 0) is 23.3 Å². The van der Waals surface area contributed by atoms with Crippen LogP contribution in [-0.2, 0) is 4.79 Å². The fourth-order valence-corrected chi connectivity index (χ4v) is 4.19. The van der Waals surface area contributed by atoms with Crippen molar-refractivity contribution >= 4 is 11.6 Å². The number of carbonyl (C=O) groups excluding carboxylic acids is 1. The third-order valence-corrected chi connectivity index (χ3v) is 5.80. The molecule has 0 unspecified atom stereocenters. The molecular formula is C26H29N3O2. The molecule has 5 heteroatoms. The Kier molecular flexibility index (Phi) is 6.85. The van der Waals surface area contributed by atoms with Gasteiger partial charge in [-0.1, -0.05) is 72.8 Å². The lowest BCUT2D eigenvalue weighted by Crippen LogP contribution is -2.51. The minimum Gasteiger partial charge on any atom is -0.495 e. The molecule has 1 fully saturated rings. The van der Waals surface area contributed by atoms with E-state index >= 15 is 0 Å². The van der Waals surface area contributed by atoms with Crippen LogP contribution in [0.2, 0.25) is 0 Å². The van der Waals surface area contributed by atoms with E-state index in [4.69, 9.17) is 4.74 Å². The Morgan fingerprint density at radius 1 is 0.839 bits per heavy atom. The van der Waals surface area contributed by atoms with Crippen molar-refractivity contribution in [1.82, 2.24) is 9.80 Å². The van der Waals surface area contributed by atoms with Crippen molar-refractivity contribution in [1.29, 1.82) is 0 Å². The van der Waals surface area contributed by atoms with Crippen LogP contribution in [0, 0.1) is 0 Å². The molecule has 1 N–H and O–H groups in total. The Morgan fingerprint density at radius 3 is 1.97 bits per heavy atom. The molecule has 3 aromatic rings. The molecule has 31 heavy (non-hydrogen) atoms. The summed E-state index contributed by atoms with van der Waals surface area (Å²) in [6, 6.07) is 29.1. The molecule has 0 radical (unpaired) electrons. The summed E-state index contributed by atoms with van der Waals surface area (Å²) in [5.74, 6) is 0.857. The summed E-state index contributed by atoms with van der Waals surface area (Å²) >= 11 is 0. The normalized spacial score (nSPS) is 14.5. The van der Waals surface area contributed by atoms with Crippen molar-refractivity contribution in [2.75, 3.05) is 45.2 Å². The molecule has 160 valence electrons. The molecule has 1 heterocycles. The molecule has 0 aromatic heterocycles. The number of amides is 1. The number of methoxy groups -OCH3 is 1. The number of para-hydroxylation sites is 2. The number of nitrogens with one attached hydrogen (secondary N) is 1. The molecule has 0 spiro atoms. The summed E-state index contributed by atoms with van der Waals surface area (Å²) in [6.45, 7) is 3.40. The molecule has 0 aliphatic carbocycles. The summed E-state index contributed by atoms with van der Waals surface area (Å²) in [5, 5.41) is 3.22. The number of ether oxygens (including phenoxy) is 1. The Morgan fingerprint density at radius 2 is 1.39 bits per heavy atom. The van der Waals surface area contributed by atoms with Crippen molar-refractivity contribution in [3.8, 4) is 5.75 Å². The maximum Gasteiger partial charge on any atom is 0.241 e. The number of anilines is 1. The number of carbonyl (C=O) groups is 1. The average molecular weight is 416 g/mol. The second-order valence-electron chi connectivity index (χ2n) is 7.69. The van der Waals surface area contributed by atoms with Crippen molar-refractivity contribution in [3.63, 3.8) is 0 Å². The third-order valence-electron chi connectivity index (χ3n) is 5.80. The van der Waals surface area contributed by atoms with Crippen LogP contribution in [0.4, 0.5) is 5.69 Å². The van der Waals surface area contributed by atoms with Gasteiger partial charge in [0.1, 0.15) is 5.75 Å². The minimum absolute atomic E-state index is 0.113. The van der Waals surface area contributed by atoms with Gasteiger partial charge in [0.2, 0.25) is 5.91 Å². The molecule has 0 saturated carbocycles. The van der Waals surface area contributed by atoms with Gasteiger partial charge in [0.15, 0.2) is 0 Å². The molecule has 5 nitrogen and oxygen atoms in total. The number of rotatable bonds is 7. The van der Waals surface area contributed by atoms with Gasteiger partial charge < -0.3 is 15.0 Å². The number of hydrogen-bond donors (Lipinski definition) is 1. The third kappa shape index (κ3) is 5.06. The zero-order valence-electron chi connectivity index (χ0n) is 17.9. The van der Waals surface area contributed by atoms with Gasteiger partial charge in [0.05, 0.1) is 25.4 Å². The Balaban J connectivity index is 1.39. The number of piperazine rings is 1. The van der Waals surface area contributed by atoms with Crippen LogP contribution in [0.1, 0.15) is 17.2 Å². The lowest BCUT2D eigenvalue weighted by molar-refractivity contribution is -0.131. The van der Waals surface area contributed by atoms with Crippen LogP contribution in [-0.4, -0.2) is 55.5 Å². The number of hydrogen-bond acceptors (Lipinski definition) is 4. The lowest BCUT2D eigenvalue weighted by atomic mass is 9.96. The highest BCUT2D eigenvalue weighted by molar-refractivity contribution is 5.81. The van der Waals surface area contributed by atoms with Crippen molar-refractivity contribution in [2.24, 2.45) is 0 Å². The first-order valence-corrected chi connectivity index (χ1v) is 10.7. The predicted molar refractivity (Wildman–Crippen MR) is 124 cm³/mol. The summed E-state index contributed by atoms with van der Waals surface area (Å²) in [5.41, 5.74) is 3.41. The molecular weight excluding hydrogens is 386 g/mol. The van der Waals surface area contributed by atoms with Crippen molar-refractivity contribution < 1.29 is 9.53 Å². The minimum atomic E-state index is 0.113. The molecule has 0 bridgehead atoms. The zero-order chi connectivity index (χ0) is 21.5. The van der Waals surface area contributed by atoms with Crippen LogP contribution in [0.25, 0.3) is 0 Å². The summed E-state index contributed by atoms with van der Waals surface area (Å²) in [7, 11) is 1.64. The highest BCUT2D eigenvalue weighted by Crippen LogP contribution is 2.29. The SMILES string of the molecule is COc1ccccc1NCC(=O)N1CCN(C(c2ccccc2)c2ccccc2)CC1.